The number of nitrogens with zero attached hydrogens (tertiary/aromatic N) is 2. The molecular weight excluding hydrogens is 269 g/mol. The van der Waals surface area contributed by atoms with E-state index in [2.05, 4.69) is 5.10 Å². The number of aromatic hydroxyl groups is 1. The number of phenols is 1. The van der Waals surface area contributed by atoms with Crippen molar-refractivity contribution in [3.63, 3.8) is 0 Å². The smallest absolute Gasteiger partial charge is 0.435 e. The van der Waals surface area contributed by atoms with Crippen molar-refractivity contribution in [2.24, 2.45) is 0 Å². The third-order valence-corrected chi connectivity index (χ3v) is 2.66. The summed E-state index contributed by atoms with van der Waals surface area (Å²) < 4.78 is 38.6. The molecule has 7 heteroatoms. The van der Waals surface area contributed by atoms with E-state index in [1.165, 1.54) is 25.1 Å². The monoisotopic (exact) mass is 276 g/mol. The minimum Gasteiger partial charge on any atom is -0.506 e. The molecule has 0 saturated heterocycles. The molecule has 0 radical (unpaired) electrons. The van der Waals surface area contributed by atoms with Crippen LogP contribution in [0.5, 0.6) is 5.75 Å². The van der Waals surface area contributed by atoms with Gasteiger partial charge in [-0.2, -0.15) is 18.3 Å². The SMILES string of the molecule is Cc1cc(C(F)(F)F)nn1-c1ccc(O)c(Cl)c1. The van der Waals surface area contributed by atoms with Crippen LogP contribution in [0.1, 0.15) is 11.4 Å². The molecule has 0 amide bonds. The predicted octanol–water partition coefficient (Wildman–Crippen LogP) is 3.56. The normalized spacial score (nSPS) is 11.8. The van der Waals surface area contributed by atoms with Gasteiger partial charge in [-0.05, 0) is 31.2 Å². The van der Waals surface area contributed by atoms with Crippen molar-refractivity contribution < 1.29 is 18.3 Å². The first-order valence-electron chi connectivity index (χ1n) is 4.92. The summed E-state index contributed by atoms with van der Waals surface area (Å²) in [4.78, 5) is 0. The van der Waals surface area contributed by atoms with Crippen molar-refractivity contribution in [3.05, 3.63) is 40.7 Å². The van der Waals surface area contributed by atoms with Crippen molar-refractivity contribution in [2.75, 3.05) is 0 Å². The molecule has 18 heavy (non-hydrogen) atoms. The molecule has 0 aliphatic heterocycles. The van der Waals surface area contributed by atoms with Gasteiger partial charge in [0.1, 0.15) is 5.75 Å². The Morgan fingerprint density at radius 2 is 1.94 bits per heavy atom. The Labute approximate surface area is 105 Å². The van der Waals surface area contributed by atoms with Gasteiger partial charge in [0, 0.05) is 5.69 Å². The maximum absolute atomic E-state index is 12.5. The van der Waals surface area contributed by atoms with Gasteiger partial charge in [-0.25, -0.2) is 4.68 Å². The van der Waals surface area contributed by atoms with Crippen LogP contribution in [0.2, 0.25) is 5.02 Å². The molecular formula is C11H8ClF3N2O. The number of halogens is 4. The lowest BCUT2D eigenvalue weighted by Gasteiger charge is -2.06. The molecule has 96 valence electrons. The van der Waals surface area contributed by atoms with Gasteiger partial charge in [-0.15, -0.1) is 0 Å². The zero-order valence-corrected chi connectivity index (χ0v) is 9.92. The standard InChI is InChI=1S/C11H8ClF3N2O/c1-6-4-10(11(13,14)15)16-17(6)7-2-3-9(18)8(12)5-7/h2-5,18H,1H3. The number of hydrogen-bond acceptors (Lipinski definition) is 2. The first-order chi connectivity index (χ1) is 8.29. The minimum absolute atomic E-state index is 0.0518. The summed E-state index contributed by atoms with van der Waals surface area (Å²) in [6, 6.07) is 5.02. The fraction of sp³-hybridized carbons (Fsp3) is 0.182. The van der Waals surface area contributed by atoms with E-state index in [9.17, 15) is 18.3 Å². The molecule has 0 fully saturated rings. The summed E-state index contributed by atoms with van der Waals surface area (Å²) in [7, 11) is 0. The molecule has 2 aromatic rings. The van der Waals surface area contributed by atoms with Crippen LogP contribution in [-0.2, 0) is 6.18 Å². The largest absolute Gasteiger partial charge is 0.506 e. The third-order valence-electron chi connectivity index (χ3n) is 2.35. The second-order valence-corrected chi connectivity index (χ2v) is 4.12. The van der Waals surface area contributed by atoms with Crippen LogP contribution in [-0.4, -0.2) is 14.9 Å². The number of alkyl halides is 3. The Balaban J connectivity index is 2.51. The average molecular weight is 277 g/mol. The highest BCUT2D eigenvalue weighted by Gasteiger charge is 2.34. The molecule has 0 aliphatic carbocycles. The van der Waals surface area contributed by atoms with Gasteiger partial charge in [0.25, 0.3) is 0 Å². The van der Waals surface area contributed by atoms with E-state index >= 15 is 0 Å². The lowest BCUT2D eigenvalue weighted by molar-refractivity contribution is -0.141. The zero-order chi connectivity index (χ0) is 13.5. The first kappa shape index (κ1) is 12.8. The number of aromatic nitrogens is 2. The number of hydrogen-bond donors (Lipinski definition) is 1. The summed E-state index contributed by atoms with van der Waals surface area (Å²) in [5.74, 6) is -0.138. The summed E-state index contributed by atoms with van der Waals surface area (Å²) in [5, 5.41) is 12.8. The van der Waals surface area contributed by atoms with Crippen LogP contribution in [0.25, 0.3) is 5.69 Å². The van der Waals surface area contributed by atoms with Crippen LogP contribution in [0.4, 0.5) is 13.2 Å². The summed E-state index contributed by atoms with van der Waals surface area (Å²) in [6.07, 6.45) is -4.49. The lowest BCUT2D eigenvalue weighted by atomic mass is 10.3. The Hall–Kier alpha value is -1.69. The highest BCUT2D eigenvalue weighted by molar-refractivity contribution is 6.32. The Morgan fingerprint density at radius 1 is 1.28 bits per heavy atom. The van der Waals surface area contributed by atoms with Crippen molar-refractivity contribution in [1.29, 1.82) is 0 Å². The molecule has 0 aliphatic rings. The fourth-order valence-corrected chi connectivity index (χ4v) is 1.68. The van der Waals surface area contributed by atoms with E-state index in [0.717, 1.165) is 10.7 Å². The summed E-state index contributed by atoms with van der Waals surface area (Å²) >= 11 is 5.70. The number of rotatable bonds is 1. The Kier molecular flexibility index (Phi) is 2.98. The maximum Gasteiger partial charge on any atom is 0.435 e. The van der Waals surface area contributed by atoms with Crippen molar-refractivity contribution >= 4 is 11.6 Å². The van der Waals surface area contributed by atoms with E-state index < -0.39 is 11.9 Å². The maximum atomic E-state index is 12.5. The molecule has 1 N–H and O–H groups in total. The number of benzene rings is 1. The third kappa shape index (κ3) is 2.28. The number of phenolic OH excluding ortho intramolecular Hbond substituents is 1. The molecule has 1 aromatic carbocycles. The molecule has 2 rings (SSSR count). The highest BCUT2D eigenvalue weighted by atomic mass is 35.5. The Bertz CT molecular complexity index is 592. The van der Waals surface area contributed by atoms with E-state index in [4.69, 9.17) is 11.6 Å². The molecule has 0 spiro atoms. The van der Waals surface area contributed by atoms with Crippen LogP contribution in [0.3, 0.4) is 0 Å². The van der Waals surface area contributed by atoms with Gasteiger partial charge in [-0.3, -0.25) is 0 Å². The van der Waals surface area contributed by atoms with Crippen molar-refractivity contribution in [1.82, 2.24) is 9.78 Å². The molecule has 0 bridgehead atoms. The predicted molar refractivity (Wildman–Crippen MR) is 60.0 cm³/mol. The van der Waals surface area contributed by atoms with Gasteiger partial charge in [0.15, 0.2) is 5.69 Å². The fourth-order valence-electron chi connectivity index (χ4n) is 1.50. The lowest BCUT2D eigenvalue weighted by Crippen LogP contribution is -2.07. The summed E-state index contributed by atoms with van der Waals surface area (Å²) in [6.45, 7) is 1.50. The van der Waals surface area contributed by atoms with Gasteiger partial charge in [0.2, 0.25) is 0 Å². The topological polar surface area (TPSA) is 38.0 Å². The second-order valence-electron chi connectivity index (χ2n) is 3.72. The number of aryl methyl sites for hydroxylation is 1. The molecule has 0 saturated carbocycles. The van der Waals surface area contributed by atoms with Crippen molar-refractivity contribution in [3.8, 4) is 11.4 Å². The van der Waals surface area contributed by atoms with Crippen molar-refractivity contribution in [2.45, 2.75) is 13.1 Å². The average Bonchev–Trinajstić information content (AvgIpc) is 2.64. The van der Waals surface area contributed by atoms with Gasteiger partial charge < -0.3 is 5.11 Å². The summed E-state index contributed by atoms with van der Waals surface area (Å²) in [5.41, 5.74) is -0.293. The van der Waals surface area contributed by atoms with Crippen LogP contribution in [0.15, 0.2) is 24.3 Å². The van der Waals surface area contributed by atoms with Crippen LogP contribution < -0.4 is 0 Å². The van der Waals surface area contributed by atoms with E-state index in [1.807, 2.05) is 0 Å². The van der Waals surface area contributed by atoms with Gasteiger partial charge in [0.05, 0.1) is 10.7 Å². The molecule has 1 aromatic heterocycles. The zero-order valence-electron chi connectivity index (χ0n) is 9.16. The van der Waals surface area contributed by atoms with Crippen LogP contribution >= 0.6 is 11.6 Å². The van der Waals surface area contributed by atoms with Gasteiger partial charge >= 0.3 is 6.18 Å². The van der Waals surface area contributed by atoms with E-state index in [0.29, 0.717) is 11.4 Å². The highest BCUT2D eigenvalue weighted by Crippen LogP contribution is 2.30. The minimum atomic E-state index is -4.49. The molecule has 1 heterocycles. The Morgan fingerprint density at radius 3 is 2.44 bits per heavy atom. The quantitative estimate of drug-likeness (QED) is 0.865. The second kappa shape index (κ2) is 4.20. The van der Waals surface area contributed by atoms with Crippen LogP contribution in [0, 0.1) is 6.92 Å². The van der Waals surface area contributed by atoms with E-state index in [1.54, 1.807) is 0 Å². The molecule has 0 atom stereocenters. The van der Waals surface area contributed by atoms with E-state index in [-0.39, 0.29) is 10.8 Å². The molecule has 3 nitrogen and oxygen atoms in total. The van der Waals surface area contributed by atoms with Gasteiger partial charge in [-0.1, -0.05) is 11.6 Å². The first-order valence-corrected chi connectivity index (χ1v) is 5.29. The molecule has 0 unspecified atom stereocenters.